The minimum atomic E-state index is -0.948. The van der Waals surface area contributed by atoms with Gasteiger partial charge in [-0.3, -0.25) is 24.6 Å². The van der Waals surface area contributed by atoms with E-state index in [1.54, 1.807) is 18.9 Å². The number of carbonyl (C=O) groups excluding carboxylic acids is 1. The Morgan fingerprint density at radius 1 is 1.41 bits per heavy atom. The number of carboxylic acids is 1. The van der Waals surface area contributed by atoms with Gasteiger partial charge in [0.15, 0.2) is 11.5 Å². The van der Waals surface area contributed by atoms with E-state index in [9.17, 15) is 19.7 Å². The Morgan fingerprint density at radius 3 is 2.64 bits per heavy atom. The van der Waals surface area contributed by atoms with Gasteiger partial charge in [-0.2, -0.15) is 0 Å². The summed E-state index contributed by atoms with van der Waals surface area (Å²) in [5.41, 5.74) is -0.0711. The van der Waals surface area contributed by atoms with Gasteiger partial charge in [0.1, 0.15) is 0 Å². The highest BCUT2D eigenvalue weighted by atomic mass is 16.6. The lowest BCUT2D eigenvalue weighted by atomic mass is 10.1. The van der Waals surface area contributed by atoms with Crippen LogP contribution in [0.4, 0.5) is 5.69 Å². The van der Waals surface area contributed by atoms with E-state index >= 15 is 0 Å². The monoisotopic (exact) mass is 310 g/mol. The molecule has 0 fully saturated rings. The third-order valence-electron chi connectivity index (χ3n) is 2.90. The van der Waals surface area contributed by atoms with E-state index in [1.807, 2.05) is 0 Å². The van der Waals surface area contributed by atoms with Crippen LogP contribution in [0.1, 0.15) is 23.7 Å². The molecule has 0 aliphatic heterocycles. The van der Waals surface area contributed by atoms with E-state index in [4.69, 9.17) is 9.84 Å². The van der Waals surface area contributed by atoms with E-state index in [0.29, 0.717) is 0 Å². The number of carbonyl (C=O) groups is 2. The van der Waals surface area contributed by atoms with Crippen molar-refractivity contribution >= 4 is 17.4 Å². The topological polar surface area (TPSA) is 110 Å². The molecule has 0 radical (unpaired) electrons. The van der Waals surface area contributed by atoms with Gasteiger partial charge in [-0.05, 0) is 26.1 Å². The molecule has 0 unspecified atom stereocenters. The molecule has 8 heteroatoms. The van der Waals surface area contributed by atoms with Crippen molar-refractivity contribution in [2.45, 2.75) is 13.3 Å². The second-order valence-electron chi connectivity index (χ2n) is 4.68. The van der Waals surface area contributed by atoms with E-state index in [2.05, 4.69) is 0 Å². The van der Waals surface area contributed by atoms with Crippen molar-refractivity contribution in [2.24, 2.45) is 0 Å². The molecule has 1 rings (SSSR count). The summed E-state index contributed by atoms with van der Waals surface area (Å²) >= 11 is 0. The van der Waals surface area contributed by atoms with Crippen LogP contribution in [0.5, 0.6) is 5.75 Å². The van der Waals surface area contributed by atoms with Crippen molar-refractivity contribution in [3.63, 3.8) is 0 Å². The molecule has 1 aromatic carbocycles. The Bertz CT molecular complexity index is 572. The number of likely N-dealkylation sites (N-methyl/N-ethyl adjacent to an activating group) is 1. The second-order valence-corrected chi connectivity index (χ2v) is 4.68. The normalized spacial score (nSPS) is 10.5. The largest absolute Gasteiger partial charge is 0.487 e. The maximum Gasteiger partial charge on any atom is 0.311 e. The Labute approximate surface area is 127 Å². The number of carboxylic acid groups (broad SMARTS) is 1. The molecule has 0 heterocycles. The lowest BCUT2D eigenvalue weighted by molar-refractivity contribution is -0.385. The predicted molar refractivity (Wildman–Crippen MR) is 78.3 cm³/mol. The number of nitro benzene ring substituents is 1. The Hall–Kier alpha value is -2.48. The van der Waals surface area contributed by atoms with Gasteiger partial charge in [-0.1, -0.05) is 0 Å². The zero-order valence-electron chi connectivity index (χ0n) is 12.4. The molecule has 1 N–H and O–H groups in total. The Kier molecular flexibility index (Phi) is 6.46. The number of nitro groups is 1. The number of nitrogens with zero attached hydrogens (tertiary/aromatic N) is 2. The van der Waals surface area contributed by atoms with Crippen LogP contribution in [0.2, 0.25) is 0 Å². The smallest absolute Gasteiger partial charge is 0.311 e. The number of rotatable bonds is 9. The highest BCUT2D eigenvalue weighted by molar-refractivity contribution is 5.98. The van der Waals surface area contributed by atoms with Crippen LogP contribution < -0.4 is 4.74 Å². The number of ketones is 1. The summed E-state index contributed by atoms with van der Waals surface area (Å²) in [6.07, 6.45) is -0.0762. The number of hydrogen-bond acceptors (Lipinski definition) is 6. The van der Waals surface area contributed by atoms with Crippen molar-refractivity contribution in [3.05, 3.63) is 33.9 Å². The van der Waals surface area contributed by atoms with Crippen molar-refractivity contribution in [1.82, 2.24) is 4.90 Å². The molecule has 120 valence electrons. The molecule has 0 saturated heterocycles. The molecule has 0 aromatic heterocycles. The molecule has 0 saturated carbocycles. The number of hydrogen-bond donors (Lipinski definition) is 1. The van der Waals surface area contributed by atoms with Crippen molar-refractivity contribution in [3.8, 4) is 5.75 Å². The molecule has 0 spiro atoms. The number of aliphatic carboxylic acids is 1. The standard InChI is InChI=1S/C14H18N2O6/c1-3-22-13-5-4-10(8-11(13)16(20)21)12(17)9-15(2)7-6-14(18)19/h4-5,8H,3,6-7,9H2,1-2H3,(H,18,19). The first kappa shape index (κ1) is 17.6. The van der Waals surface area contributed by atoms with Crippen LogP contribution in [-0.2, 0) is 4.79 Å². The first-order valence-corrected chi connectivity index (χ1v) is 6.70. The molecule has 0 aliphatic carbocycles. The van der Waals surface area contributed by atoms with Crippen LogP contribution in [0.15, 0.2) is 18.2 Å². The third kappa shape index (κ3) is 5.13. The summed E-state index contributed by atoms with van der Waals surface area (Å²) in [7, 11) is 1.61. The Morgan fingerprint density at radius 2 is 2.09 bits per heavy atom. The summed E-state index contributed by atoms with van der Waals surface area (Å²) < 4.78 is 5.15. The first-order valence-electron chi connectivity index (χ1n) is 6.70. The summed E-state index contributed by atoms with van der Waals surface area (Å²) in [6.45, 7) is 2.20. The maximum atomic E-state index is 12.1. The SMILES string of the molecule is CCOc1ccc(C(=O)CN(C)CCC(=O)O)cc1[N+](=O)[O-]. The molecule has 0 bridgehead atoms. The van der Waals surface area contributed by atoms with Gasteiger partial charge < -0.3 is 9.84 Å². The molecular formula is C14H18N2O6. The van der Waals surface area contributed by atoms with Crippen molar-refractivity contribution in [1.29, 1.82) is 0 Å². The van der Waals surface area contributed by atoms with Gasteiger partial charge in [-0.25, -0.2) is 0 Å². The average Bonchev–Trinajstić information content (AvgIpc) is 2.45. The molecule has 0 amide bonds. The quantitative estimate of drug-likeness (QED) is 0.419. The molecule has 22 heavy (non-hydrogen) atoms. The number of benzene rings is 1. The molecule has 0 atom stereocenters. The van der Waals surface area contributed by atoms with E-state index in [1.165, 1.54) is 18.2 Å². The number of ether oxygens (including phenoxy) is 1. The van der Waals surface area contributed by atoms with Crippen LogP contribution >= 0.6 is 0 Å². The van der Waals surface area contributed by atoms with Crippen LogP contribution in [-0.4, -0.2) is 53.4 Å². The summed E-state index contributed by atoms with van der Waals surface area (Å²) in [4.78, 5) is 34.5. The van der Waals surface area contributed by atoms with Crippen molar-refractivity contribution < 1.29 is 24.4 Å². The molecular weight excluding hydrogens is 292 g/mol. The van der Waals surface area contributed by atoms with Crippen LogP contribution in [0.25, 0.3) is 0 Å². The Balaban J connectivity index is 2.83. The zero-order chi connectivity index (χ0) is 16.7. The minimum Gasteiger partial charge on any atom is -0.487 e. The molecule has 8 nitrogen and oxygen atoms in total. The van der Waals surface area contributed by atoms with E-state index < -0.39 is 10.9 Å². The summed E-state index contributed by atoms with van der Waals surface area (Å²) in [5, 5.41) is 19.6. The lowest BCUT2D eigenvalue weighted by Crippen LogP contribution is -2.28. The zero-order valence-corrected chi connectivity index (χ0v) is 12.4. The first-order chi connectivity index (χ1) is 10.3. The highest BCUT2D eigenvalue weighted by Crippen LogP contribution is 2.28. The molecule has 0 aliphatic rings. The lowest BCUT2D eigenvalue weighted by Gasteiger charge is -2.14. The number of Topliss-reactive ketones (excluding diaryl/α,β-unsaturated/α-hetero) is 1. The summed E-state index contributed by atoms with van der Waals surface area (Å²) in [6, 6.07) is 4.04. The van der Waals surface area contributed by atoms with Crippen LogP contribution in [0, 0.1) is 10.1 Å². The average molecular weight is 310 g/mol. The molecule has 1 aromatic rings. The third-order valence-corrected chi connectivity index (χ3v) is 2.90. The van der Waals surface area contributed by atoms with Gasteiger partial charge in [0.05, 0.1) is 24.5 Å². The second kappa shape index (κ2) is 8.08. The maximum absolute atomic E-state index is 12.1. The minimum absolute atomic E-state index is 0.0155. The van der Waals surface area contributed by atoms with Gasteiger partial charge in [0.2, 0.25) is 0 Å². The summed E-state index contributed by atoms with van der Waals surface area (Å²) in [5.74, 6) is -1.15. The van der Waals surface area contributed by atoms with Crippen LogP contribution in [0.3, 0.4) is 0 Å². The van der Waals surface area contributed by atoms with Gasteiger partial charge in [-0.15, -0.1) is 0 Å². The predicted octanol–water partition coefficient (Wildman–Crippen LogP) is 1.58. The highest BCUT2D eigenvalue weighted by Gasteiger charge is 2.19. The fourth-order valence-corrected chi connectivity index (χ4v) is 1.81. The van der Waals surface area contributed by atoms with E-state index in [0.717, 1.165) is 0 Å². The fourth-order valence-electron chi connectivity index (χ4n) is 1.81. The van der Waals surface area contributed by atoms with Gasteiger partial charge >= 0.3 is 11.7 Å². The van der Waals surface area contributed by atoms with Gasteiger partial charge in [0, 0.05) is 18.2 Å². The van der Waals surface area contributed by atoms with E-state index in [-0.39, 0.29) is 48.9 Å². The van der Waals surface area contributed by atoms with Gasteiger partial charge in [0.25, 0.3) is 0 Å². The van der Waals surface area contributed by atoms with Crippen molar-refractivity contribution in [2.75, 3.05) is 26.7 Å². The fraction of sp³-hybridized carbons (Fsp3) is 0.429.